The van der Waals surface area contributed by atoms with Gasteiger partial charge in [-0.25, -0.2) is 4.79 Å². The van der Waals surface area contributed by atoms with E-state index in [1.807, 2.05) is 12.1 Å². The van der Waals surface area contributed by atoms with Gasteiger partial charge in [-0.2, -0.15) is 0 Å². The molecule has 4 heteroatoms. The quantitative estimate of drug-likeness (QED) is 0.412. The van der Waals surface area contributed by atoms with Crippen LogP contribution in [-0.2, 0) is 11.3 Å². The van der Waals surface area contributed by atoms with Crippen molar-refractivity contribution < 1.29 is 9.53 Å². The lowest BCUT2D eigenvalue weighted by atomic mass is 9.98. The summed E-state index contributed by atoms with van der Waals surface area (Å²) in [6.45, 7) is 4.36. The largest absolute Gasteiger partial charge is 0.449 e. The van der Waals surface area contributed by atoms with Gasteiger partial charge in [-0.1, -0.05) is 84.9 Å². The smallest absolute Gasteiger partial charge is 0.407 e. The summed E-state index contributed by atoms with van der Waals surface area (Å²) >= 11 is 0. The van der Waals surface area contributed by atoms with E-state index >= 15 is 0 Å². The van der Waals surface area contributed by atoms with Crippen molar-refractivity contribution in [1.29, 1.82) is 0 Å². The molecule has 0 saturated carbocycles. The summed E-state index contributed by atoms with van der Waals surface area (Å²) in [5.74, 6) is 0.0888. The maximum Gasteiger partial charge on any atom is 0.407 e. The molecule has 1 saturated heterocycles. The van der Waals surface area contributed by atoms with E-state index in [4.69, 9.17) is 4.74 Å². The average molecular weight is 453 g/mol. The third-order valence-electron chi connectivity index (χ3n) is 6.79. The number of amides is 1. The van der Waals surface area contributed by atoms with Crippen LogP contribution in [0.1, 0.15) is 47.4 Å². The summed E-state index contributed by atoms with van der Waals surface area (Å²) in [5.41, 5.74) is 7.50. The summed E-state index contributed by atoms with van der Waals surface area (Å²) in [5, 5.41) is 2.88. The van der Waals surface area contributed by atoms with Crippen LogP contribution in [0, 0.1) is 0 Å². The molecule has 0 spiro atoms. The summed E-state index contributed by atoms with van der Waals surface area (Å²) in [7, 11) is 0. The number of ether oxygens (including phenoxy) is 1. The summed E-state index contributed by atoms with van der Waals surface area (Å²) in [4.78, 5) is 14.8. The Kier molecular flexibility index (Phi) is 7.06. The highest BCUT2D eigenvalue weighted by Crippen LogP contribution is 2.44. The molecule has 4 nitrogen and oxygen atoms in total. The first-order valence-electron chi connectivity index (χ1n) is 12.3. The number of nitrogens with zero attached hydrogens (tertiary/aromatic N) is 1. The minimum atomic E-state index is -0.358. The van der Waals surface area contributed by atoms with Crippen LogP contribution in [0.4, 0.5) is 4.79 Å². The number of hydrogen-bond donors (Lipinski definition) is 1. The van der Waals surface area contributed by atoms with Gasteiger partial charge in [-0.15, -0.1) is 0 Å². The minimum Gasteiger partial charge on any atom is -0.449 e. The Morgan fingerprint density at radius 3 is 2.38 bits per heavy atom. The number of benzene rings is 3. The van der Waals surface area contributed by atoms with Crippen LogP contribution >= 0.6 is 0 Å². The van der Waals surface area contributed by atoms with Crippen molar-refractivity contribution in [2.45, 2.75) is 31.7 Å². The van der Waals surface area contributed by atoms with Crippen LogP contribution in [0.25, 0.3) is 17.2 Å². The van der Waals surface area contributed by atoms with E-state index < -0.39 is 0 Å². The molecule has 34 heavy (non-hydrogen) atoms. The van der Waals surface area contributed by atoms with Crippen molar-refractivity contribution in [3.05, 3.63) is 101 Å². The highest BCUT2D eigenvalue weighted by molar-refractivity contribution is 5.79. The van der Waals surface area contributed by atoms with Crippen molar-refractivity contribution in [3.63, 3.8) is 0 Å². The molecule has 1 amide bonds. The van der Waals surface area contributed by atoms with Crippen molar-refractivity contribution in [1.82, 2.24) is 10.2 Å². The maximum atomic E-state index is 12.3. The topological polar surface area (TPSA) is 41.6 Å². The highest BCUT2D eigenvalue weighted by atomic mass is 16.5. The zero-order chi connectivity index (χ0) is 23.2. The van der Waals surface area contributed by atoms with Crippen LogP contribution < -0.4 is 5.32 Å². The predicted octanol–water partition coefficient (Wildman–Crippen LogP) is 6.22. The van der Waals surface area contributed by atoms with Crippen molar-refractivity contribution in [2.24, 2.45) is 0 Å². The molecule has 3 aromatic rings. The first-order chi connectivity index (χ1) is 16.8. The Labute approximate surface area is 202 Å². The average Bonchev–Trinajstić information content (AvgIpc) is 3.49. The molecule has 1 fully saturated rings. The molecule has 3 aromatic carbocycles. The van der Waals surface area contributed by atoms with Crippen molar-refractivity contribution in [3.8, 4) is 11.1 Å². The normalized spacial score (nSPS) is 15.4. The molecule has 1 aliphatic carbocycles. The molecular weight excluding hydrogens is 420 g/mol. The van der Waals surface area contributed by atoms with Gasteiger partial charge < -0.3 is 10.1 Å². The van der Waals surface area contributed by atoms with Crippen LogP contribution in [-0.4, -0.2) is 37.2 Å². The second-order valence-electron chi connectivity index (χ2n) is 9.17. The lowest BCUT2D eigenvalue weighted by Gasteiger charge is -2.14. The van der Waals surface area contributed by atoms with E-state index in [2.05, 4.69) is 83.0 Å². The fourth-order valence-corrected chi connectivity index (χ4v) is 5.12. The van der Waals surface area contributed by atoms with Gasteiger partial charge in [-0.3, -0.25) is 4.90 Å². The van der Waals surface area contributed by atoms with E-state index in [1.54, 1.807) is 0 Å². The molecule has 1 aliphatic heterocycles. The molecule has 0 bridgehead atoms. The minimum absolute atomic E-state index is 0.0888. The van der Waals surface area contributed by atoms with Gasteiger partial charge in [0.2, 0.25) is 0 Å². The number of rotatable bonds is 8. The second-order valence-corrected chi connectivity index (χ2v) is 9.17. The van der Waals surface area contributed by atoms with Gasteiger partial charge in [0, 0.05) is 19.0 Å². The number of carbonyl (C=O) groups is 1. The summed E-state index contributed by atoms with van der Waals surface area (Å²) in [6, 6.07) is 25.5. The fraction of sp³-hybridized carbons (Fsp3) is 0.300. The van der Waals surface area contributed by atoms with Gasteiger partial charge in [0.1, 0.15) is 6.61 Å². The molecule has 0 aromatic heterocycles. The first-order valence-corrected chi connectivity index (χ1v) is 12.3. The Morgan fingerprint density at radius 2 is 1.65 bits per heavy atom. The van der Waals surface area contributed by atoms with Gasteiger partial charge >= 0.3 is 6.09 Å². The Balaban J connectivity index is 1.07. The molecule has 1 N–H and O–H groups in total. The van der Waals surface area contributed by atoms with Crippen LogP contribution in [0.15, 0.2) is 78.9 Å². The molecule has 0 radical (unpaired) electrons. The van der Waals surface area contributed by atoms with Gasteiger partial charge in [0.05, 0.1) is 0 Å². The van der Waals surface area contributed by atoms with Gasteiger partial charge in [-0.05, 0) is 65.7 Å². The molecule has 2 aliphatic rings. The zero-order valence-corrected chi connectivity index (χ0v) is 19.6. The SMILES string of the molecule is O=C(NCCC=Cc1cccc(CN2CCCC2)c1)OCC1c2ccccc2-c2ccccc21. The van der Waals surface area contributed by atoms with Gasteiger partial charge in [0.25, 0.3) is 0 Å². The summed E-state index contributed by atoms with van der Waals surface area (Å²) < 4.78 is 5.60. The number of likely N-dealkylation sites (tertiary alicyclic amines) is 1. The Hall–Kier alpha value is -3.37. The molecular formula is C30H32N2O2. The van der Waals surface area contributed by atoms with Crippen LogP contribution in [0.2, 0.25) is 0 Å². The predicted molar refractivity (Wildman–Crippen MR) is 138 cm³/mol. The zero-order valence-electron chi connectivity index (χ0n) is 19.6. The van der Waals surface area contributed by atoms with Gasteiger partial charge in [0.15, 0.2) is 0 Å². The Morgan fingerprint density at radius 1 is 0.941 bits per heavy atom. The third-order valence-corrected chi connectivity index (χ3v) is 6.79. The molecule has 174 valence electrons. The van der Waals surface area contributed by atoms with E-state index in [0.717, 1.165) is 13.0 Å². The van der Waals surface area contributed by atoms with E-state index in [0.29, 0.717) is 13.2 Å². The number of carbonyl (C=O) groups excluding carboxylic acids is 1. The lowest BCUT2D eigenvalue weighted by molar-refractivity contribution is 0.143. The lowest BCUT2D eigenvalue weighted by Crippen LogP contribution is -2.26. The van der Waals surface area contributed by atoms with Crippen LogP contribution in [0.3, 0.4) is 0 Å². The monoisotopic (exact) mass is 452 g/mol. The number of nitrogens with one attached hydrogen (secondary N) is 1. The molecule has 1 heterocycles. The first kappa shape index (κ1) is 22.4. The van der Waals surface area contributed by atoms with Crippen molar-refractivity contribution >= 4 is 12.2 Å². The van der Waals surface area contributed by atoms with E-state index in [-0.39, 0.29) is 12.0 Å². The van der Waals surface area contributed by atoms with Crippen LogP contribution in [0.5, 0.6) is 0 Å². The van der Waals surface area contributed by atoms with Crippen molar-refractivity contribution in [2.75, 3.05) is 26.2 Å². The maximum absolute atomic E-state index is 12.3. The molecule has 0 atom stereocenters. The number of alkyl carbamates (subject to hydrolysis) is 1. The highest BCUT2D eigenvalue weighted by Gasteiger charge is 2.28. The fourth-order valence-electron chi connectivity index (χ4n) is 5.12. The van der Waals surface area contributed by atoms with E-state index in [1.165, 1.54) is 59.3 Å². The van der Waals surface area contributed by atoms with E-state index in [9.17, 15) is 4.79 Å². The third kappa shape index (κ3) is 5.23. The Bertz CT molecular complexity index is 1120. The second kappa shape index (κ2) is 10.7. The molecule has 0 unspecified atom stereocenters. The molecule has 5 rings (SSSR count). The number of hydrogen-bond acceptors (Lipinski definition) is 3. The standard InChI is InChI=1S/C30H32N2O2/c33-30(34-22-29-27-15-3-1-13-25(27)26-14-2-4-16-28(26)29)31-17-6-5-10-23-11-9-12-24(20-23)21-32-18-7-8-19-32/h1-5,9-16,20,29H,6-8,17-19,21-22H2,(H,31,33). The number of fused-ring (bicyclic) bond motifs is 3. The summed E-state index contributed by atoms with van der Waals surface area (Å²) in [6.07, 6.45) is 7.28.